The van der Waals surface area contributed by atoms with Gasteiger partial charge < -0.3 is 10.1 Å². The Hall–Kier alpha value is -1.02. The van der Waals surface area contributed by atoms with E-state index in [1.165, 1.54) is 30.4 Å². The third-order valence-electron chi connectivity index (χ3n) is 4.72. The van der Waals surface area contributed by atoms with Gasteiger partial charge in [0.15, 0.2) is 0 Å². The maximum absolute atomic E-state index is 6.15. The van der Waals surface area contributed by atoms with Crippen molar-refractivity contribution in [3.63, 3.8) is 0 Å². The van der Waals surface area contributed by atoms with Crippen molar-refractivity contribution < 1.29 is 4.74 Å². The van der Waals surface area contributed by atoms with Gasteiger partial charge in [-0.25, -0.2) is 0 Å². The van der Waals surface area contributed by atoms with Crippen molar-refractivity contribution in [3.05, 3.63) is 29.3 Å². The van der Waals surface area contributed by atoms with E-state index in [4.69, 9.17) is 4.74 Å². The van der Waals surface area contributed by atoms with Crippen LogP contribution in [0.4, 0.5) is 0 Å². The Labute approximate surface area is 130 Å². The number of aryl methyl sites for hydroxylation is 1. The van der Waals surface area contributed by atoms with E-state index in [1.54, 1.807) is 0 Å². The minimum absolute atomic E-state index is 0.127. The summed E-state index contributed by atoms with van der Waals surface area (Å²) in [5.41, 5.74) is 2.75. The van der Waals surface area contributed by atoms with Gasteiger partial charge in [0.1, 0.15) is 5.75 Å². The van der Waals surface area contributed by atoms with Gasteiger partial charge in [0, 0.05) is 6.04 Å². The molecule has 0 saturated heterocycles. The van der Waals surface area contributed by atoms with Crippen LogP contribution in [0.2, 0.25) is 0 Å². The van der Waals surface area contributed by atoms with Crippen molar-refractivity contribution in [1.82, 2.24) is 5.32 Å². The predicted molar refractivity (Wildman–Crippen MR) is 90.2 cm³/mol. The van der Waals surface area contributed by atoms with Crippen molar-refractivity contribution in [2.24, 2.45) is 5.92 Å². The average Bonchev–Trinajstić information content (AvgIpc) is 2.86. The van der Waals surface area contributed by atoms with Crippen LogP contribution in [0.25, 0.3) is 0 Å². The molecule has 2 atom stereocenters. The highest BCUT2D eigenvalue weighted by atomic mass is 16.5. The number of hydrogen-bond donors (Lipinski definition) is 1. The van der Waals surface area contributed by atoms with E-state index in [0.29, 0.717) is 6.04 Å². The van der Waals surface area contributed by atoms with E-state index in [1.807, 2.05) is 0 Å². The van der Waals surface area contributed by atoms with Crippen LogP contribution in [0.5, 0.6) is 5.75 Å². The zero-order chi connectivity index (χ0) is 15.5. The van der Waals surface area contributed by atoms with E-state index in [-0.39, 0.29) is 5.41 Å². The Morgan fingerprint density at radius 3 is 2.67 bits per heavy atom. The summed E-state index contributed by atoms with van der Waals surface area (Å²) in [5, 5.41) is 3.45. The highest BCUT2D eigenvalue weighted by molar-refractivity contribution is 5.41. The lowest BCUT2D eigenvalue weighted by Gasteiger charge is -2.24. The average molecular weight is 289 g/mol. The standard InChI is InChI=1S/C19H31NO/c1-14-9-10-18(16(13-14)19(2,3)4)21-12-11-15-7-6-8-17(15)20-5/h9-10,13,15,17,20H,6-8,11-12H2,1-5H3. The zero-order valence-corrected chi connectivity index (χ0v) is 14.3. The molecule has 0 aliphatic heterocycles. The summed E-state index contributed by atoms with van der Waals surface area (Å²) in [6.45, 7) is 9.73. The summed E-state index contributed by atoms with van der Waals surface area (Å²) in [6, 6.07) is 7.24. The SMILES string of the molecule is CNC1CCCC1CCOc1ccc(C)cc1C(C)(C)C. The summed E-state index contributed by atoms with van der Waals surface area (Å²) >= 11 is 0. The van der Waals surface area contributed by atoms with Crippen LogP contribution < -0.4 is 10.1 Å². The van der Waals surface area contributed by atoms with Crippen molar-refractivity contribution in [2.75, 3.05) is 13.7 Å². The van der Waals surface area contributed by atoms with Gasteiger partial charge in [0.05, 0.1) is 6.61 Å². The van der Waals surface area contributed by atoms with E-state index >= 15 is 0 Å². The summed E-state index contributed by atoms with van der Waals surface area (Å²) in [7, 11) is 2.08. The topological polar surface area (TPSA) is 21.3 Å². The molecular formula is C19H31NO. The van der Waals surface area contributed by atoms with Gasteiger partial charge in [-0.15, -0.1) is 0 Å². The highest BCUT2D eigenvalue weighted by Crippen LogP contribution is 2.33. The molecule has 0 amide bonds. The van der Waals surface area contributed by atoms with Gasteiger partial charge in [-0.3, -0.25) is 0 Å². The maximum Gasteiger partial charge on any atom is 0.123 e. The van der Waals surface area contributed by atoms with E-state index < -0.39 is 0 Å². The van der Waals surface area contributed by atoms with Crippen LogP contribution in [0.1, 0.15) is 57.6 Å². The van der Waals surface area contributed by atoms with Gasteiger partial charge in [0.2, 0.25) is 0 Å². The van der Waals surface area contributed by atoms with E-state index in [0.717, 1.165) is 24.7 Å². The lowest BCUT2D eigenvalue weighted by atomic mass is 9.85. The number of hydrogen-bond acceptors (Lipinski definition) is 2. The summed E-state index contributed by atoms with van der Waals surface area (Å²) < 4.78 is 6.15. The summed E-state index contributed by atoms with van der Waals surface area (Å²) in [6.07, 6.45) is 5.17. The number of rotatable bonds is 5. The minimum atomic E-state index is 0.127. The number of ether oxygens (including phenoxy) is 1. The van der Waals surface area contributed by atoms with Crippen LogP contribution in [-0.4, -0.2) is 19.7 Å². The zero-order valence-electron chi connectivity index (χ0n) is 14.3. The second kappa shape index (κ2) is 6.83. The Morgan fingerprint density at radius 1 is 1.24 bits per heavy atom. The molecule has 21 heavy (non-hydrogen) atoms. The quantitative estimate of drug-likeness (QED) is 0.864. The van der Waals surface area contributed by atoms with Crippen LogP contribution in [0.3, 0.4) is 0 Å². The molecule has 2 heteroatoms. The highest BCUT2D eigenvalue weighted by Gasteiger charge is 2.26. The first-order valence-corrected chi connectivity index (χ1v) is 8.33. The fourth-order valence-corrected chi connectivity index (χ4v) is 3.44. The third kappa shape index (κ3) is 4.23. The van der Waals surface area contributed by atoms with Crippen molar-refractivity contribution in [1.29, 1.82) is 0 Å². The lowest BCUT2D eigenvalue weighted by molar-refractivity contribution is 0.258. The van der Waals surface area contributed by atoms with Crippen molar-refractivity contribution in [2.45, 2.75) is 64.8 Å². The van der Waals surface area contributed by atoms with Crippen LogP contribution in [0, 0.1) is 12.8 Å². The fourth-order valence-electron chi connectivity index (χ4n) is 3.44. The molecule has 1 N–H and O–H groups in total. The van der Waals surface area contributed by atoms with E-state index in [2.05, 4.69) is 58.3 Å². The molecule has 0 aromatic heterocycles. The molecule has 1 aliphatic rings. The Morgan fingerprint density at radius 2 is 2.00 bits per heavy atom. The molecule has 118 valence electrons. The first-order valence-electron chi connectivity index (χ1n) is 8.33. The number of benzene rings is 1. The summed E-state index contributed by atoms with van der Waals surface area (Å²) in [4.78, 5) is 0. The predicted octanol–water partition coefficient (Wildman–Crippen LogP) is 4.45. The second-order valence-corrected chi connectivity index (χ2v) is 7.47. The van der Waals surface area contributed by atoms with Crippen LogP contribution in [0.15, 0.2) is 18.2 Å². The minimum Gasteiger partial charge on any atom is -0.493 e. The molecule has 2 nitrogen and oxygen atoms in total. The van der Waals surface area contributed by atoms with Gasteiger partial charge in [-0.05, 0) is 56.2 Å². The molecule has 0 heterocycles. The van der Waals surface area contributed by atoms with Crippen molar-refractivity contribution >= 4 is 0 Å². The van der Waals surface area contributed by atoms with E-state index in [9.17, 15) is 0 Å². The Kier molecular flexibility index (Phi) is 5.32. The maximum atomic E-state index is 6.15. The third-order valence-corrected chi connectivity index (χ3v) is 4.72. The Bertz CT molecular complexity index is 461. The van der Waals surface area contributed by atoms with Gasteiger partial charge in [0.25, 0.3) is 0 Å². The second-order valence-electron chi connectivity index (χ2n) is 7.47. The molecule has 1 aromatic carbocycles. The molecule has 0 spiro atoms. The molecule has 0 bridgehead atoms. The van der Waals surface area contributed by atoms with Crippen LogP contribution >= 0.6 is 0 Å². The monoisotopic (exact) mass is 289 g/mol. The Balaban J connectivity index is 1.97. The lowest BCUT2D eigenvalue weighted by Crippen LogP contribution is -2.29. The smallest absolute Gasteiger partial charge is 0.123 e. The van der Waals surface area contributed by atoms with Gasteiger partial charge in [-0.2, -0.15) is 0 Å². The first kappa shape index (κ1) is 16.4. The molecule has 2 unspecified atom stereocenters. The van der Waals surface area contributed by atoms with Crippen molar-refractivity contribution in [3.8, 4) is 5.75 Å². The molecule has 2 rings (SSSR count). The summed E-state index contributed by atoms with van der Waals surface area (Å²) in [5.74, 6) is 1.84. The molecule has 0 radical (unpaired) electrons. The molecule has 1 aromatic rings. The molecular weight excluding hydrogens is 258 g/mol. The number of nitrogens with one attached hydrogen (secondary N) is 1. The van der Waals surface area contributed by atoms with Gasteiger partial charge in [-0.1, -0.05) is 44.9 Å². The first-order chi connectivity index (χ1) is 9.91. The molecule has 1 fully saturated rings. The largest absolute Gasteiger partial charge is 0.493 e. The fraction of sp³-hybridized carbons (Fsp3) is 0.684. The molecule has 1 aliphatic carbocycles. The van der Waals surface area contributed by atoms with Gasteiger partial charge >= 0.3 is 0 Å². The normalized spacial score (nSPS) is 22.5. The van der Waals surface area contributed by atoms with Crippen LogP contribution in [-0.2, 0) is 5.41 Å². The molecule has 1 saturated carbocycles.